The predicted molar refractivity (Wildman–Crippen MR) is 83.4 cm³/mol. The molecule has 0 unspecified atom stereocenters. The third-order valence-corrected chi connectivity index (χ3v) is 3.20. The van der Waals surface area contributed by atoms with Crippen molar-refractivity contribution in [3.05, 3.63) is 64.1 Å². The molecule has 0 aliphatic heterocycles. The van der Waals surface area contributed by atoms with E-state index in [1.165, 1.54) is 0 Å². The maximum Gasteiger partial charge on any atom is 0.335 e. The number of anilines is 1. The number of hydrogen-bond acceptors (Lipinski definition) is 3. The second-order valence-electron chi connectivity index (χ2n) is 4.21. The zero-order valence-corrected chi connectivity index (χ0v) is 12.4. The van der Waals surface area contributed by atoms with Crippen molar-refractivity contribution in [2.45, 2.75) is 6.92 Å². The summed E-state index contributed by atoms with van der Waals surface area (Å²) in [5, 5.41) is 13.2. The van der Waals surface area contributed by atoms with Crippen LogP contribution in [-0.4, -0.2) is 16.8 Å². The number of nitrogens with one attached hydrogen (secondary N) is 1. The van der Waals surface area contributed by atoms with E-state index in [2.05, 4.69) is 26.5 Å². The SMILES string of the molecule is CC(=NNc1cccc(C(=O)O)c1)c1cccc(Br)c1. The van der Waals surface area contributed by atoms with Crippen molar-refractivity contribution in [2.75, 3.05) is 5.43 Å². The minimum atomic E-state index is -0.957. The van der Waals surface area contributed by atoms with Crippen LogP contribution in [0.25, 0.3) is 0 Å². The molecule has 20 heavy (non-hydrogen) atoms. The van der Waals surface area contributed by atoms with Gasteiger partial charge in [-0.2, -0.15) is 5.10 Å². The third kappa shape index (κ3) is 3.68. The lowest BCUT2D eigenvalue weighted by molar-refractivity contribution is 0.0697. The summed E-state index contributed by atoms with van der Waals surface area (Å²) in [7, 11) is 0. The molecule has 0 saturated carbocycles. The van der Waals surface area contributed by atoms with Gasteiger partial charge in [-0.25, -0.2) is 4.79 Å². The van der Waals surface area contributed by atoms with E-state index in [1.54, 1.807) is 24.3 Å². The van der Waals surface area contributed by atoms with Crippen molar-refractivity contribution in [1.82, 2.24) is 0 Å². The number of aromatic carboxylic acids is 1. The van der Waals surface area contributed by atoms with Crippen LogP contribution in [-0.2, 0) is 0 Å². The highest BCUT2D eigenvalue weighted by atomic mass is 79.9. The molecule has 2 aromatic carbocycles. The maximum atomic E-state index is 10.9. The second kappa shape index (κ2) is 6.34. The quantitative estimate of drug-likeness (QED) is 0.657. The molecule has 0 bridgehead atoms. The highest BCUT2D eigenvalue weighted by molar-refractivity contribution is 9.10. The Balaban J connectivity index is 2.16. The molecule has 2 aromatic rings. The first kappa shape index (κ1) is 14.3. The lowest BCUT2D eigenvalue weighted by atomic mass is 10.1. The van der Waals surface area contributed by atoms with Gasteiger partial charge in [0.15, 0.2) is 0 Å². The number of benzene rings is 2. The van der Waals surface area contributed by atoms with Gasteiger partial charge >= 0.3 is 5.97 Å². The molecule has 0 aliphatic rings. The molecule has 0 atom stereocenters. The first-order chi connectivity index (χ1) is 9.56. The number of carbonyl (C=O) groups is 1. The predicted octanol–water partition coefficient (Wildman–Crippen LogP) is 3.98. The second-order valence-corrected chi connectivity index (χ2v) is 5.12. The van der Waals surface area contributed by atoms with E-state index in [0.29, 0.717) is 5.69 Å². The third-order valence-electron chi connectivity index (χ3n) is 2.70. The molecule has 0 aromatic heterocycles. The van der Waals surface area contributed by atoms with Crippen molar-refractivity contribution < 1.29 is 9.90 Å². The molecule has 0 spiro atoms. The van der Waals surface area contributed by atoms with Crippen molar-refractivity contribution in [3.63, 3.8) is 0 Å². The van der Waals surface area contributed by atoms with Gasteiger partial charge in [-0.05, 0) is 42.8 Å². The highest BCUT2D eigenvalue weighted by Crippen LogP contribution is 2.14. The number of halogens is 1. The van der Waals surface area contributed by atoms with Crippen LogP contribution in [0.3, 0.4) is 0 Å². The molecule has 102 valence electrons. The van der Waals surface area contributed by atoms with E-state index >= 15 is 0 Å². The lowest BCUT2D eigenvalue weighted by Crippen LogP contribution is -2.01. The molecular weight excluding hydrogens is 320 g/mol. The van der Waals surface area contributed by atoms with Gasteiger partial charge in [0.25, 0.3) is 0 Å². The average molecular weight is 333 g/mol. The maximum absolute atomic E-state index is 10.9. The highest BCUT2D eigenvalue weighted by Gasteiger charge is 2.03. The standard InChI is InChI=1S/C15H13BrN2O2/c1-10(11-4-2-6-13(16)8-11)17-18-14-7-3-5-12(9-14)15(19)20/h2-9,18H,1H3,(H,19,20). The summed E-state index contributed by atoms with van der Waals surface area (Å²) < 4.78 is 0.984. The minimum absolute atomic E-state index is 0.227. The van der Waals surface area contributed by atoms with Crippen LogP contribution in [0.4, 0.5) is 5.69 Å². The lowest BCUT2D eigenvalue weighted by Gasteiger charge is -2.05. The van der Waals surface area contributed by atoms with Gasteiger partial charge in [0.05, 0.1) is 17.0 Å². The molecular formula is C15H13BrN2O2. The van der Waals surface area contributed by atoms with Crippen molar-refractivity contribution >= 4 is 33.3 Å². The molecule has 0 aliphatic carbocycles. The zero-order valence-electron chi connectivity index (χ0n) is 10.8. The van der Waals surface area contributed by atoms with Crippen LogP contribution in [0.2, 0.25) is 0 Å². The Morgan fingerprint density at radius 1 is 1.15 bits per heavy atom. The fraction of sp³-hybridized carbons (Fsp3) is 0.0667. The van der Waals surface area contributed by atoms with Crippen LogP contribution in [0, 0.1) is 0 Å². The van der Waals surface area contributed by atoms with E-state index in [9.17, 15) is 4.79 Å². The molecule has 2 rings (SSSR count). The van der Waals surface area contributed by atoms with Crippen molar-refractivity contribution in [1.29, 1.82) is 0 Å². The number of hydrazone groups is 1. The molecule has 4 nitrogen and oxygen atoms in total. The van der Waals surface area contributed by atoms with Gasteiger partial charge in [0.2, 0.25) is 0 Å². The molecule has 0 fully saturated rings. The Kier molecular flexibility index (Phi) is 4.53. The Labute approximate surface area is 125 Å². The van der Waals surface area contributed by atoms with Crippen LogP contribution >= 0.6 is 15.9 Å². The fourth-order valence-corrected chi connectivity index (χ4v) is 2.05. The Morgan fingerprint density at radius 2 is 1.85 bits per heavy atom. The summed E-state index contributed by atoms with van der Waals surface area (Å²) >= 11 is 3.41. The topological polar surface area (TPSA) is 61.7 Å². The fourth-order valence-electron chi connectivity index (χ4n) is 1.65. The number of hydrogen-bond donors (Lipinski definition) is 2. The van der Waals surface area contributed by atoms with Gasteiger partial charge in [-0.3, -0.25) is 5.43 Å². The Bertz CT molecular complexity index is 668. The number of carboxylic acids is 1. The van der Waals surface area contributed by atoms with E-state index in [4.69, 9.17) is 5.11 Å². The summed E-state index contributed by atoms with van der Waals surface area (Å²) in [6.45, 7) is 1.88. The van der Waals surface area contributed by atoms with Crippen LogP contribution in [0.5, 0.6) is 0 Å². The van der Waals surface area contributed by atoms with E-state index < -0.39 is 5.97 Å². The normalized spacial score (nSPS) is 11.2. The van der Waals surface area contributed by atoms with Gasteiger partial charge in [-0.1, -0.05) is 34.1 Å². The van der Waals surface area contributed by atoms with E-state index in [0.717, 1.165) is 15.7 Å². The molecule has 0 heterocycles. The van der Waals surface area contributed by atoms with Crippen molar-refractivity contribution in [3.8, 4) is 0 Å². The van der Waals surface area contributed by atoms with E-state index in [-0.39, 0.29) is 5.56 Å². The van der Waals surface area contributed by atoms with Crippen LogP contribution in [0.15, 0.2) is 58.1 Å². The first-order valence-electron chi connectivity index (χ1n) is 5.96. The zero-order chi connectivity index (χ0) is 14.5. The number of rotatable bonds is 4. The monoisotopic (exact) mass is 332 g/mol. The summed E-state index contributed by atoms with van der Waals surface area (Å²) in [5.74, 6) is -0.957. The minimum Gasteiger partial charge on any atom is -0.478 e. The summed E-state index contributed by atoms with van der Waals surface area (Å²) in [4.78, 5) is 10.9. The largest absolute Gasteiger partial charge is 0.478 e. The average Bonchev–Trinajstić information content (AvgIpc) is 2.45. The summed E-state index contributed by atoms with van der Waals surface area (Å²) in [5.41, 5.74) is 5.53. The first-order valence-corrected chi connectivity index (χ1v) is 6.75. The smallest absolute Gasteiger partial charge is 0.335 e. The summed E-state index contributed by atoms with van der Waals surface area (Å²) in [6, 6.07) is 14.3. The molecule has 0 radical (unpaired) electrons. The van der Waals surface area contributed by atoms with Crippen LogP contribution in [0.1, 0.15) is 22.8 Å². The Morgan fingerprint density at radius 3 is 2.55 bits per heavy atom. The van der Waals surface area contributed by atoms with E-state index in [1.807, 2.05) is 31.2 Å². The van der Waals surface area contributed by atoms with Gasteiger partial charge < -0.3 is 5.11 Å². The Hall–Kier alpha value is -2.14. The molecule has 0 amide bonds. The van der Waals surface area contributed by atoms with Gasteiger partial charge in [0, 0.05) is 4.47 Å². The molecule has 5 heteroatoms. The van der Waals surface area contributed by atoms with Crippen LogP contribution < -0.4 is 5.43 Å². The molecule has 0 saturated heterocycles. The van der Waals surface area contributed by atoms with Gasteiger partial charge in [-0.15, -0.1) is 0 Å². The number of carboxylic acid groups (broad SMARTS) is 1. The van der Waals surface area contributed by atoms with Gasteiger partial charge in [0.1, 0.15) is 0 Å². The molecule has 2 N–H and O–H groups in total. The number of nitrogens with zero attached hydrogens (tertiary/aromatic N) is 1. The van der Waals surface area contributed by atoms with Crippen molar-refractivity contribution in [2.24, 2.45) is 5.10 Å². The summed E-state index contributed by atoms with van der Waals surface area (Å²) in [6.07, 6.45) is 0.